The van der Waals surface area contributed by atoms with Crippen molar-refractivity contribution in [2.24, 2.45) is 0 Å². The molecular formula is C16H13ClO4. The summed E-state index contributed by atoms with van der Waals surface area (Å²) in [7, 11) is 1.58. The average Bonchev–Trinajstić information content (AvgIpc) is 2.48. The van der Waals surface area contributed by atoms with E-state index in [0.29, 0.717) is 27.8 Å². The molecule has 0 spiro atoms. The SMILES string of the molecule is COc1cccc(Oc2ccc(/C=C/C(=O)O)cc2Cl)c1. The van der Waals surface area contributed by atoms with Gasteiger partial charge in [0.05, 0.1) is 12.1 Å². The summed E-state index contributed by atoms with van der Waals surface area (Å²) in [6.07, 6.45) is 2.51. The van der Waals surface area contributed by atoms with Crippen molar-refractivity contribution < 1.29 is 19.4 Å². The number of halogens is 1. The number of carboxylic acids is 1. The summed E-state index contributed by atoms with van der Waals surface area (Å²) in [6, 6.07) is 12.2. The van der Waals surface area contributed by atoms with E-state index in [1.807, 2.05) is 12.1 Å². The average molecular weight is 305 g/mol. The monoisotopic (exact) mass is 304 g/mol. The Morgan fingerprint density at radius 1 is 1.19 bits per heavy atom. The Labute approximate surface area is 127 Å². The largest absolute Gasteiger partial charge is 0.497 e. The second-order valence-corrected chi connectivity index (χ2v) is 4.55. The minimum atomic E-state index is -1.01. The first-order valence-electron chi connectivity index (χ1n) is 6.11. The van der Waals surface area contributed by atoms with Gasteiger partial charge in [0.2, 0.25) is 0 Å². The summed E-state index contributed by atoms with van der Waals surface area (Å²) in [5.41, 5.74) is 0.681. The van der Waals surface area contributed by atoms with Gasteiger partial charge in [0.25, 0.3) is 0 Å². The normalized spacial score (nSPS) is 10.6. The van der Waals surface area contributed by atoms with Crippen LogP contribution in [0.1, 0.15) is 5.56 Å². The lowest BCUT2D eigenvalue weighted by Gasteiger charge is -2.09. The molecule has 0 fully saturated rings. The smallest absolute Gasteiger partial charge is 0.328 e. The number of ether oxygens (including phenoxy) is 2. The Kier molecular flexibility index (Phi) is 4.85. The van der Waals surface area contributed by atoms with Gasteiger partial charge in [0, 0.05) is 12.1 Å². The molecule has 0 aliphatic rings. The molecule has 2 aromatic carbocycles. The second kappa shape index (κ2) is 6.81. The van der Waals surface area contributed by atoms with Crippen LogP contribution < -0.4 is 9.47 Å². The number of carbonyl (C=O) groups is 1. The summed E-state index contributed by atoms with van der Waals surface area (Å²) in [5, 5.41) is 8.98. The topological polar surface area (TPSA) is 55.8 Å². The fourth-order valence-corrected chi connectivity index (χ4v) is 1.89. The van der Waals surface area contributed by atoms with Crippen LogP contribution in [0.4, 0.5) is 0 Å². The summed E-state index contributed by atoms with van der Waals surface area (Å²) in [5.74, 6) is 0.759. The van der Waals surface area contributed by atoms with Crippen molar-refractivity contribution in [2.75, 3.05) is 7.11 Å². The first-order valence-corrected chi connectivity index (χ1v) is 6.49. The number of hydrogen-bond donors (Lipinski definition) is 1. The van der Waals surface area contributed by atoms with Crippen LogP contribution in [0.15, 0.2) is 48.5 Å². The summed E-state index contributed by atoms with van der Waals surface area (Å²) >= 11 is 6.13. The van der Waals surface area contributed by atoms with E-state index in [1.54, 1.807) is 37.4 Å². The summed E-state index contributed by atoms with van der Waals surface area (Å²) in [6.45, 7) is 0. The third-order valence-electron chi connectivity index (χ3n) is 2.64. The Morgan fingerprint density at radius 3 is 2.62 bits per heavy atom. The van der Waals surface area contributed by atoms with Gasteiger partial charge < -0.3 is 14.6 Å². The lowest BCUT2D eigenvalue weighted by molar-refractivity contribution is -0.131. The van der Waals surface area contributed by atoms with Crippen LogP contribution in [0.2, 0.25) is 5.02 Å². The van der Waals surface area contributed by atoms with Gasteiger partial charge in [-0.05, 0) is 35.9 Å². The van der Waals surface area contributed by atoms with Gasteiger partial charge in [0.15, 0.2) is 0 Å². The lowest BCUT2D eigenvalue weighted by Crippen LogP contribution is -1.88. The van der Waals surface area contributed by atoms with Gasteiger partial charge in [-0.1, -0.05) is 23.7 Å². The van der Waals surface area contributed by atoms with E-state index in [4.69, 9.17) is 26.2 Å². The zero-order valence-corrected chi connectivity index (χ0v) is 12.0. The molecule has 0 atom stereocenters. The molecule has 0 saturated heterocycles. The predicted molar refractivity (Wildman–Crippen MR) is 81.2 cm³/mol. The van der Waals surface area contributed by atoms with Crippen LogP contribution in [-0.4, -0.2) is 18.2 Å². The molecule has 0 saturated carbocycles. The van der Waals surface area contributed by atoms with Gasteiger partial charge in [-0.25, -0.2) is 4.79 Å². The number of benzene rings is 2. The highest BCUT2D eigenvalue weighted by atomic mass is 35.5. The number of aliphatic carboxylic acids is 1. The van der Waals surface area contributed by atoms with Gasteiger partial charge in [-0.15, -0.1) is 0 Å². The first-order chi connectivity index (χ1) is 10.1. The number of carboxylic acid groups (broad SMARTS) is 1. The number of hydrogen-bond acceptors (Lipinski definition) is 3. The molecule has 21 heavy (non-hydrogen) atoms. The molecule has 0 unspecified atom stereocenters. The Bertz CT molecular complexity index is 680. The van der Waals surface area contributed by atoms with Crippen molar-refractivity contribution in [3.8, 4) is 17.2 Å². The van der Waals surface area contributed by atoms with Gasteiger partial charge in [-0.2, -0.15) is 0 Å². The summed E-state index contributed by atoms with van der Waals surface area (Å²) < 4.78 is 10.8. The van der Waals surface area contributed by atoms with Crippen LogP contribution in [0.25, 0.3) is 6.08 Å². The van der Waals surface area contributed by atoms with E-state index >= 15 is 0 Å². The zero-order chi connectivity index (χ0) is 15.2. The van der Waals surface area contributed by atoms with E-state index in [-0.39, 0.29) is 0 Å². The molecule has 5 heteroatoms. The van der Waals surface area contributed by atoms with Gasteiger partial charge in [0.1, 0.15) is 17.2 Å². The van der Waals surface area contributed by atoms with Crippen LogP contribution in [0, 0.1) is 0 Å². The standard InChI is InChI=1S/C16H13ClO4/c1-20-12-3-2-4-13(10-12)21-15-7-5-11(9-14(15)17)6-8-16(18)19/h2-10H,1H3,(H,18,19)/b8-6+. The third-order valence-corrected chi connectivity index (χ3v) is 2.94. The molecular weight excluding hydrogens is 292 g/mol. The van der Waals surface area contributed by atoms with Crippen LogP contribution in [0.5, 0.6) is 17.2 Å². The maximum absolute atomic E-state index is 10.5. The molecule has 0 aliphatic carbocycles. The molecule has 0 radical (unpaired) electrons. The van der Waals surface area contributed by atoms with Crippen LogP contribution in [-0.2, 0) is 4.79 Å². The molecule has 108 valence electrons. The van der Waals surface area contributed by atoms with Crippen molar-refractivity contribution in [1.82, 2.24) is 0 Å². The Balaban J connectivity index is 2.19. The second-order valence-electron chi connectivity index (χ2n) is 4.14. The fraction of sp³-hybridized carbons (Fsp3) is 0.0625. The van der Waals surface area contributed by atoms with Crippen molar-refractivity contribution in [3.05, 3.63) is 59.1 Å². The quantitative estimate of drug-likeness (QED) is 0.839. The molecule has 2 aromatic rings. The van der Waals surface area contributed by atoms with Gasteiger partial charge >= 0.3 is 5.97 Å². The van der Waals surface area contributed by atoms with E-state index in [0.717, 1.165) is 6.08 Å². The molecule has 0 amide bonds. The highest BCUT2D eigenvalue weighted by Crippen LogP contribution is 2.31. The fourth-order valence-electron chi connectivity index (χ4n) is 1.66. The third kappa shape index (κ3) is 4.26. The molecule has 2 rings (SSSR count). The maximum atomic E-state index is 10.5. The molecule has 0 aromatic heterocycles. The predicted octanol–water partition coefficient (Wildman–Crippen LogP) is 4.24. The van der Waals surface area contributed by atoms with E-state index in [9.17, 15) is 4.79 Å². The minimum Gasteiger partial charge on any atom is -0.497 e. The Hall–Kier alpha value is -2.46. The zero-order valence-electron chi connectivity index (χ0n) is 11.2. The highest BCUT2D eigenvalue weighted by Gasteiger charge is 2.05. The van der Waals surface area contributed by atoms with Gasteiger partial charge in [-0.3, -0.25) is 0 Å². The highest BCUT2D eigenvalue weighted by molar-refractivity contribution is 6.32. The van der Waals surface area contributed by atoms with Crippen LogP contribution >= 0.6 is 11.6 Å². The van der Waals surface area contributed by atoms with Crippen molar-refractivity contribution in [2.45, 2.75) is 0 Å². The van der Waals surface area contributed by atoms with E-state index < -0.39 is 5.97 Å². The number of rotatable bonds is 5. The molecule has 0 bridgehead atoms. The molecule has 0 aliphatic heterocycles. The van der Waals surface area contributed by atoms with E-state index in [1.165, 1.54) is 6.08 Å². The summed E-state index contributed by atoms with van der Waals surface area (Å²) in [4.78, 5) is 10.5. The molecule has 4 nitrogen and oxygen atoms in total. The van der Waals surface area contributed by atoms with Crippen LogP contribution in [0.3, 0.4) is 0 Å². The maximum Gasteiger partial charge on any atom is 0.328 e. The van der Waals surface area contributed by atoms with Crippen molar-refractivity contribution in [3.63, 3.8) is 0 Å². The lowest BCUT2D eigenvalue weighted by atomic mass is 10.2. The molecule has 1 N–H and O–H groups in total. The van der Waals surface area contributed by atoms with Crippen molar-refractivity contribution >= 4 is 23.6 Å². The minimum absolute atomic E-state index is 0.394. The van der Waals surface area contributed by atoms with E-state index in [2.05, 4.69) is 0 Å². The number of methoxy groups -OCH3 is 1. The Morgan fingerprint density at radius 2 is 1.95 bits per heavy atom. The van der Waals surface area contributed by atoms with Crippen molar-refractivity contribution in [1.29, 1.82) is 0 Å². The molecule has 0 heterocycles. The first kappa shape index (κ1) is 14.9.